The SMILES string of the molecule is CC(=O)OCC(OC(C)=O)C(=O)Nc1c(I)c(C(=O)N(C)CC(O)CO)c(I)c(C(=O)N2CCN(C(=O)c3c(I)c(NC(=O)C(COC(C)=O)OC(C)=O)c(I)c(C(=O)N(C)CC(O)CO)c3I)CCN(C(=O)c3c(I)c(NC(=O)C(COC(C)=O)OC(C)=O)c(I)c(C(=O)N(C)CC(O)CO)c3I)CC2)c1I. The Labute approximate surface area is 739 Å². The van der Waals surface area contributed by atoms with E-state index in [4.69, 9.17) is 28.4 Å². The summed E-state index contributed by atoms with van der Waals surface area (Å²) in [6.07, 6.45) is -9.89. The van der Waals surface area contributed by atoms with Crippen LogP contribution in [0.5, 0.6) is 0 Å². The average Bonchev–Trinajstić information content (AvgIpc) is 0.842. The fourth-order valence-corrected chi connectivity index (χ4v) is 22.9. The maximum atomic E-state index is 16.2. The van der Waals surface area contributed by atoms with E-state index in [1.807, 2.05) is 0 Å². The zero-order valence-corrected chi connectivity index (χ0v) is 77.8. The van der Waals surface area contributed by atoms with Gasteiger partial charge in [0.2, 0.25) is 18.3 Å². The summed E-state index contributed by atoms with van der Waals surface area (Å²) in [7, 11) is 3.82. The van der Waals surface area contributed by atoms with Gasteiger partial charge in [0.25, 0.3) is 53.2 Å². The summed E-state index contributed by atoms with van der Waals surface area (Å²) in [6.45, 7) is -3.05. The van der Waals surface area contributed by atoms with Crippen LogP contribution in [0.4, 0.5) is 17.1 Å². The van der Waals surface area contributed by atoms with Crippen LogP contribution in [0.1, 0.15) is 104 Å². The molecule has 0 aliphatic carbocycles. The lowest BCUT2D eigenvalue weighted by Gasteiger charge is -2.29. The Balaban J connectivity index is 2.24. The van der Waals surface area contributed by atoms with Gasteiger partial charge in [0.15, 0.2) is 0 Å². The molecule has 594 valence electrons. The molecule has 1 aliphatic rings. The minimum atomic E-state index is -1.82. The van der Waals surface area contributed by atoms with Crippen molar-refractivity contribution in [1.82, 2.24) is 29.4 Å². The summed E-state index contributed by atoms with van der Waals surface area (Å²) in [4.78, 5) is 215. The van der Waals surface area contributed by atoms with Crippen LogP contribution in [0.25, 0.3) is 0 Å². The number of benzene rings is 3. The zero-order chi connectivity index (χ0) is 82.0. The first-order valence-corrected chi connectivity index (χ1v) is 41.1. The number of aliphatic hydroxyl groups excluding tert-OH is 6. The molecule has 0 spiro atoms. The van der Waals surface area contributed by atoms with Crippen LogP contribution in [-0.4, -0.2) is 305 Å². The number of halogens is 9. The number of nitrogens with one attached hydrogen (secondary N) is 3. The molecule has 0 aromatic heterocycles. The van der Waals surface area contributed by atoms with Gasteiger partial charge in [0.1, 0.15) is 19.8 Å². The van der Waals surface area contributed by atoms with Crippen molar-refractivity contribution in [2.24, 2.45) is 0 Å². The second-order valence-electron chi connectivity index (χ2n) is 23.3. The first-order valence-electron chi connectivity index (χ1n) is 31.4. The van der Waals surface area contributed by atoms with Crippen molar-refractivity contribution in [2.45, 2.75) is 78.2 Å². The maximum Gasteiger partial charge on any atom is 0.303 e. The molecule has 4 rings (SSSR count). The van der Waals surface area contributed by atoms with E-state index in [2.05, 4.69) is 16.0 Å². The number of esters is 6. The molecule has 45 heteroatoms. The molecule has 0 radical (unpaired) electrons. The van der Waals surface area contributed by atoms with Crippen LogP contribution in [0.15, 0.2) is 0 Å². The molecular weight excluding hydrogens is 2460 g/mol. The Bertz CT molecular complexity index is 3630. The number of aliphatic hydroxyl groups is 6. The highest BCUT2D eigenvalue weighted by atomic mass is 127. The molecule has 3 aromatic rings. The van der Waals surface area contributed by atoms with Gasteiger partial charge < -0.3 is 104 Å². The first-order chi connectivity index (χ1) is 50.4. The summed E-state index contributed by atoms with van der Waals surface area (Å²) in [5.74, 6) is -14.4. The van der Waals surface area contributed by atoms with Crippen LogP contribution in [0, 0.1) is 32.1 Å². The third-order valence-electron chi connectivity index (χ3n) is 15.0. The summed E-state index contributed by atoms with van der Waals surface area (Å²) in [6, 6.07) is 0. The van der Waals surface area contributed by atoms with Gasteiger partial charge in [-0.1, -0.05) is 0 Å². The molecule has 6 atom stereocenters. The number of nitrogens with zero attached hydrogens (tertiary/aromatic N) is 6. The Hall–Kier alpha value is -3.96. The van der Waals surface area contributed by atoms with Crippen LogP contribution in [0.3, 0.4) is 0 Å². The molecule has 9 amide bonds. The number of likely N-dealkylation sites (N-methyl/N-ethyl adjacent to an activating group) is 3. The summed E-state index contributed by atoms with van der Waals surface area (Å²) in [5, 5.41) is 68.8. The van der Waals surface area contributed by atoms with Crippen LogP contribution in [-0.2, 0) is 71.6 Å². The average molecular weight is 2530 g/mol. The second-order valence-corrected chi connectivity index (χ2v) is 33.0. The van der Waals surface area contributed by atoms with Crippen LogP contribution in [0.2, 0.25) is 0 Å². The summed E-state index contributed by atoms with van der Waals surface area (Å²) >= 11 is 15.5. The lowest BCUT2D eigenvalue weighted by atomic mass is 10.1. The molecule has 0 saturated carbocycles. The number of rotatable bonds is 30. The highest BCUT2D eigenvalue weighted by molar-refractivity contribution is 14.1. The number of ether oxygens (including phenoxy) is 6. The zero-order valence-electron chi connectivity index (χ0n) is 58.4. The maximum absolute atomic E-state index is 16.2. The monoisotopic (exact) mass is 2530 g/mol. The smallest absolute Gasteiger partial charge is 0.303 e. The normalized spacial score (nSPS) is 13.9. The van der Waals surface area contributed by atoms with Gasteiger partial charge in [0.05, 0.1) is 110 Å². The minimum absolute atomic E-state index is 0.0249. The number of carbonyl (C=O) groups is 15. The van der Waals surface area contributed by atoms with Crippen molar-refractivity contribution in [2.75, 3.05) is 136 Å². The highest BCUT2D eigenvalue weighted by Gasteiger charge is 2.40. The molecule has 36 nitrogen and oxygen atoms in total. The Morgan fingerprint density at radius 3 is 0.713 bits per heavy atom. The molecule has 1 heterocycles. The van der Waals surface area contributed by atoms with Crippen LogP contribution >= 0.6 is 203 Å². The second kappa shape index (κ2) is 44.6. The number of hydrogen-bond acceptors (Lipinski definition) is 27. The van der Waals surface area contributed by atoms with Gasteiger partial charge in [-0.05, 0) is 203 Å². The predicted molar refractivity (Wildman–Crippen MR) is 454 cm³/mol. The molecule has 3 aromatic carbocycles. The van der Waals surface area contributed by atoms with E-state index in [0.717, 1.165) is 56.2 Å². The lowest BCUT2D eigenvalue weighted by Crippen LogP contribution is -2.43. The fraction of sp³-hybridized carbons (Fsp3) is 0.476. The van der Waals surface area contributed by atoms with Crippen molar-refractivity contribution < 1.29 is 131 Å². The molecule has 0 bridgehead atoms. The van der Waals surface area contributed by atoms with E-state index in [9.17, 15) is 88.2 Å². The molecule has 1 aliphatic heterocycles. The molecule has 108 heavy (non-hydrogen) atoms. The molecular formula is C63H72I9N9O27. The van der Waals surface area contributed by atoms with Crippen molar-refractivity contribution in [3.8, 4) is 0 Å². The van der Waals surface area contributed by atoms with Crippen molar-refractivity contribution in [3.05, 3.63) is 65.5 Å². The van der Waals surface area contributed by atoms with Crippen molar-refractivity contribution in [3.63, 3.8) is 0 Å². The lowest BCUT2D eigenvalue weighted by molar-refractivity contribution is -0.160. The van der Waals surface area contributed by atoms with Crippen molar-refractivity contribution in [1.29, 1.82) is 0 Å². The van der Waals surface area contributed by atoms with Crippen LogP contribution < -0.4 is 16.0 Å². The number of hydrogen-bond donors (Lipinski definition) is 9. The van der Waals surface area contributed by atoms with E-state index in [1.54, 1.807) is 203 Å². The fourth-order valence-electron chi connectivity index (χ4n) is 9.82. The van der Waals surface area contributed by atoms with E-state index >= 15 is 14.4 Å². The van der Waals surface area contributed by atoms with Gasteiger partial charge in [-0.15, -0.1) is 0 Å². The Morgan fingerprint density at radius 1 is 0.343 bits per heavy atom. The number of anilines is 3. The van der Waals surface area contributed by atoms with Gasteiger partial charge in [0, 0.05) is 132 Å². The largest absolute Gasteiger partial charge is 0.461 e. The van der Waals surface area contributed by atoms with E-state index in [-0.39, 0.29) is 82.6 Å². The molecule has 1 saturated heterocycles. The quantitative estimate of drug-likeness (QED) is 0.0263. The molecule has 9 N–H and O–H groups in total. The van der Waals surface area contributed by atoms with Gasteiger partial charge in [-0.2, -0.15) is 0 Å². The standard InChI is InChI=1S/C63H72I9N9O27/c1-25(85)103-22-34(106-28(4)88)55(94)73-52-46(67)37(58(97)76(7)16-31(91)19-82)43(64)40(49(52)70)61(100)79-10-12-80(62(101)41-44(65)38(59(98)77(8)17-32(92)20-83)47(68)53(50(41)71)74-56(95)35(107-29(5)89)23-104-26(2)86)14-15-81(13-11-79)63(102)42-45(66)39(60(99)78(9)18-33(93)21-84)48(69)54(51(42)72)75-57(96)36(108-30(6)90)24-105-27(3)87/h31-36,82-84,91-93H,10-24H2,1-9H3,(H,73,94)(H,74,95)(H,75,96). The van der Waals surface area contributed by atoms with E-state index in [0.29, 0.717) is 0 Å². The third kappa shape index (κ3) is 26.0. The van der Waals surface area contributed by atoms with Gasteiger partial charge in [-0.25, -0.2) is 0 Å². The number of carbonyl (C=O) groups excluding carboxylic acids is 15. The third-order valence-corrected chi connectivity index (χ3v) is 24.7. The summed E-state index contributed by atoms with van der Waals surface area (Å²) < 4.78 is 30.2. The van der Waals surface area contributed by atoms with E-state index in [1.165, 1.54) is 35.8 Å². The van der Waals surface area contributed by atoms with Gasteiger partial charge >= 0.3 is 35.8 Å². The highest BCUT2D eigenvalue weighted by Crippen LogP contribution is 2.41. The predicted octanol–water partition coefficient (Wildman–Crippen LogP) is 2.44. The van der Waals surface area contributed by atoms with Gasteiger partial charge in [-0.3, -0.25) is 71.9 Å². The topological polar surface area (TPSA) is 488 Å². The summed E-state index contributed by atoms with van der Waals surface area (Å²) in [5.41, 5.74) is -2.44. The van der Waals surface area contributed by atoms with Crippen molar-refractivity contribution >= 4 is 309 Å². The minimum Gasteiger partial charge on any atom is -0.461 e. The molecule has 1 fully saturated rings. The number of amides is 9. The van der Waals surface area contributed by atoms with E-state index < -0.39 is 224 Å². The first kappa shape index (κ1) is 96.4. The molecule has 6 unspecified atom stereocenters. The Kier molecular flexibility index (Phi) is 39.8. The Morgan fingerprint density at radius 2 is 0.537 bits per heavy atom.